The van der Waals surface area contributed by atoms with Crippen LogP contribution in [0.15, 0.2) is 0 Å². The molecular weight excluding hydrogens is 311 g/mol. The van der Waals surface area contributed by atoms with Crippen LogP contribution in [0.5, 0.6) is 0 Å². The zero-order chi connectivity index (χ0) is 13.7. The molecule has 0 aromatic heterocycles. The molecule has 4 saturated carbocycles. The first-order chi connectivity index (χ1) is 9.65. The highest BCUT2D eigenvalue weighted by molar-refractivity contribution is 8.93. The van der Waals surface area contributed by atoms with E-state index in [9.17, 15) is 4.57 Å². The summed E-state index contributed by atoms with van der Waals surface area (Å²) in [7, 11) is 1.01. The van der Waals surface area contributed by atoms with Crippen LogP contribution in [0.2, 0.25) is 0 Å². The van der Waals surface area contributed by atoms with E-state index >= 15 is 0 Å². The molecule has 0 N–H and O–H groups in total. The maximum atomic E-state index is 12.9. The molecule has 20 heavy (non-hydrogen) atoms. The molecule has 0 aromatic rings. The van der Waals surface area contributed by atoms with Gasteiger partial charge in [0.1, 0.15) is 0 Å². The highest BCUT2D eigenvalue weighted by atomic mass is 33.3. The fourth-order valence-corrected chi connectivity index (χ4v) is 7.92. The minimum Gasteiger partial charge on any atom is -0.297 e. The van der Waals surface area contributed by atoms with Crippen molar-refractivity contribution in [2.24, 2.45) is 23.7 Å². The maximum absolute atomic E-state index is 12.9. The number of rotatable bonds is 5. The van der Waals surface area contributed by atoms with Gasteiger partial charge < -0.3 is 0 Å². The van der Waals surface area contributed by atoms with Crippen LogP contribution in [0.3, 0.4) is 0 Å². The fourth-order valence-electron chi connectivity index (χ4n) is 5.03. The Hall–Kier alpha value is 0.850. The molecule has 4 aliphatic carbocycles. The van der Waals surface area contributed by atoms with Crippen LogP contribution in [-0.4, -0.2) is 12.2 Å². The van der Waals surface area contributed by atoms with Crippen molar-refractivity contribution in [2.45, 2.75) is 63.6 Å². The molecule has 4 rings (SSSR count). The molecule has 6 atom stereocenters. The van der Waals surface area contributed by atoms with Gasteiger partial charge in [0.25, 0.3) is 0 Å². The van der Waals surface area contributed by atoms with Crippen LogP contribution in [-0.2, 0) is 13.6 Å². The van der Waals surface area contributed by atoms with Crippen molar-refractivity contribution in [3.63, 3.8) is 0 Å². The highest BCUT2D eigenvalue weighted by Gasteiger charge is 2.47. The summed E-state index contributed by atoms with van der Waals surface area (Å²) >= 11 is 4.19. The van der Waals surface area contributed by atoms with Crippen molar-refractivity contribution >= 4 is 28.9 Å². The minimum atomic E-state index is -3.08. The van der Waals surface area contributed by atoms with Crippen LogP contribution in [0.4, 0.5) is 0 Å². The van der Waals surface area contributed by atoms with E-state index in [1.165, 1.54) is 38.5 Å². The van der Waals surface area contributed by atoms with Crippen molar-refractivity contribution in [3.05, 3.63) is 0 Å². The van der Waals surface area contributed by atoms with Gasteiger partial charge in [0, 0.05) is 10.4 Å². The first-order valence-electron chi connectivity index (χ1n) is 7.95. The van der Waals surface area contributed by atoms with Crippen molar-refractivity contribution < 1.29 is 13.6 Å². The van der Waals surface area contributed by atoms with Crippen LogP contribution < -0.4 is 0 Å². The Balaban J connectivity index is 1.39. The first-order valence-corrected chi connectivity index (χ1v) is 12.0. The van der Waals surface area contributed by atoms with Crippen LogP contribution in [0.25, 0.3) is 0 Å². The van der Waals surface area contributed by atoms with Gasteiger partial charge in [-0.05, 0) is 75.0 Å². The average Bonchev–Trinajstić information content (AvgIpc) is 3.18. The van der Waals surface area contributed by atoms with Crippen molar-refractivity contribution in [1.82, 2.24) is 0 Å². The fraction of sp³-hybridized carbons (Fsp3) is 1.00. The summed E-state index contributed by atoms with van der Waals surface area (Å²) in [5.41, 5.74) is 0. The Morgan fingerprint density at radius 2 is 1.35 bits per heavy atom. The first kappa shape index (κ1) is 14.4. The lowest BCUT2D eigenvalue weighted by Gasteiger charge is -2.30. The van der Waals surface area contributed by atoms with Gasteiger partial charge in [0.15, 0.2) is 0 Å². The normalized spacial score (nSPS) is 48.9. The van der Waals surface area contributed by atoms with E-state index in [4.69, 9.17) is 9.05 Å². The van der Waals surface area contributed by atoms with Gasteiger partial charge >= 0.3 is 6.80 Å². The molecule has 0 amide bonds. The second-order valence-corrected chi connectivity index (χ2v) is 11.9. The quantitative estimate of drug-likeness (QED) is 0.432. The van der Waals surface area contributed by atoms with Gasteiger partial charge in [-0.3, -0.25) is 9.05 Å². The molecule has 4 fully saturated rings. The molecule has 4 aliphatic rings. The SMILES string of the molecule is O=P(OC1CC2CCC1C2)(OC1CC2CCC1C2)SS. The summed E-state index contributed by atoms with van der Waals surface area (Å²) in [5, 5.41) is 0. The van der Waals surface area contributed by atoms with Crippen LogP contribution in [0, 0.1) is 23.7 Å². The number of fused-ring (bicyclic) bond motifs is 4. The largest absolute Gasteiger partial charge is 0.399 e. The van der Waals surface area contributed by atoms with Crippen LogP contribution in [0.1, 0.15) is 51.4 Å². The number of hydrogen-bond acceptors (Lipinski definition) is 5. The lowest BCUT2D eigenvalue weighted by molar-refractivity contribution is 0.0746. The molecule has 114 valence electrons. The van der Waals surface area contributed by atoms with Gasteiger partial charge in [0.2, 0.25) is 0 Å². The van der Waals surface area contributed by atoms with Crippen LogP contribution >= 0.6 is 28.9 Å². The monoisotopic (exact) mass is 334 g/mol. The molecule has 4 bridgehead atoms. The summed E-state index contributed by atoms with van der Waals surface area (Å²) < 4.78 is 24.8. The van der Waals surface area contributed by atoms with E-state index in [0.717, 1.165) is 35.1 Å². The van der Waals surface area contributed by atoms with E-state index in [-0.39, 0.29) is 12.2 Å². The molecule has 0 aromatic carbocycles. The predicted molar refractivity (Wildman–Crippen MR) is 84.8 cm³/mol. The van der Waals surface area contributed by atoms with E-state index in [1.54, 1.807) is 0 Å². The summed E-state index contributed by atoms with van der Waals surface area (Å²) in [4.78, 5) is 0. The third-order valence-electron chi connectivity index (χ3n) is 5.98. The van der Waals surface area contributed by atoms with Crippen molar-refractivity contribution in [1.29, 1.82) is 0 Å². The summed E-state index contributed by atoms with van der Waals surface area (Å²) in [6.45, 7) is -3.08. The third kappa shape index (κ3) is 2.62. The Kier molecular flexibility index (Phi) is 3.96. The molecule has 0 saturated heterocycles. The van der Waals surface area contributed by atoms with Gasteiger partial charge in [-0.1, -0.05) is 11.7 Å². The van der Waals surface area contributed by atoms with E-state index in [0.29, 0.717) is 11.8 Å². The summed E-state index contributed by atoms with van der Waals surface area (Å²) in [6.07, 6.45) is 10.1. The Morgan fingerprint density at radius 1 is 0.850 bits per heavy atom. The molecule has 3 nitrogen and oxygen atoms in total. The molecule has 0 heterocycles. The number of hydrogen-bond donors (Lipinski definition) is 1. The summed E-state index contributed by atoms with van der Waals surface area (Å²) in [5.74, 6) is 2.81. The second-order valence-electron chi connectivity index (χ2n) is 7.17. The second kappa shape index (κ2) is 5.49. The predicted octanol–water partition coefficient (Wildman–Crippen LogP) is 5.08. The Bertz CT molecular complexity index is 399. The molecule has 0 radical (unpaired) electrons. The lowest BCUT2D eigenvalue weighted by atomic mass is 9.98. The van der Waals surface area contributed by atoms with Crippen molar-refractivity contribution in [2.75, 3.05) is 0 Å². The highest BCUT2D eigenvalue weighted by Crippen LogP contribution is 2.68. The van der Waals surface area contributed by atoms with Gasteiger partial charge in [-0.25, -0.2) is 4.57 Å². The van der Waals surface area contributed by atoms with Gasteiger partial charge in [-0.15, -0.1) is 0 Å². The molecule has 6 unspecified atom stereocenters. The molecule has 6 heteroatoms. The summed E-state index contributed by atoms with van der Waals surface area (Å²) in [6, 6.07) is 0. The Morgan fingerprint density at radius 3 is 1.65 bits per heavy atom. The third-order valence-corrected chi connectivity index (χ3v) is 10.1. The Labute approximate surface area is 130 Å². The van der Waals surface area contributed by atoms with E-state index in [1.807, 2.05) is 0 Å². The van der Waals surface area contributed by atoms with Gasteiger partial charge in [-0.2, -0.15) is 0 Å². The minimum absolute atomic E-state index is 0.151. The standard InChI is InChI=1S/C14H23O3PS2/c15-18(20-19,16-13-7-9-1-3-11(13)5-9)17-14-8-10-2-4-12(14)6-10/h9-14,19H,1-8H2. The van der Waals surface area contributed by atoms with E-state index in [2.05, 4.69) is 11.7 Å². The maximum Gasteiger partial charge on any atom is 0.399 e. The smallest absolute Gasteiger partial charge is 0.297 e. The molecule has 0 spiro atoms. The molecule has 0 aliphatic heterocycles. The van der Waals surface area contributed by atoms with Crippen molar-refractivity contribution in [3.8, 4) is 0 Å². The average molecular weight is 334 g/mol. The number of thiol groups is 1. The topological polar surface area (TPSA) is 35.5 Å². The zero-order valence-corrected chi connectivity index (χ0v) is 14.3. The van der Waals surface area contributed by atoms with Gasteiger partial charge in [0.05, 0.1) is 12.2 Å². The lowest BCUT2D eigenvalue weighted by Crippen LogP contribution is -2.23. The zero-order valence-electron chi connectivity index (χ0n) is 11.6. The molecular formula is C14H23O3PS2. The van der Waals surface area contributed by atoms with E-state index < -0.39 is 6.80 Å².